The molecule has 2 nitrogen and oxygen atoms in total. The van der Waals surface area contributed by atoms with Crippen LogP contribution in [-0.4, -0.2) is 11.5 Å². The van der Waals surface area contributed by atoms with Gasteiger partial charge in [-0.3, -0.25) is 0 Å². The second-order valence-electron chi connectivity index (χ2n) is 1.88. The van der Waals surface area contributed by atoms with Gasteiger partial charge in [-0.15, -0.1) is 11.3 Å². The molecule has 0 aliphatic heterocycles. The van der Waals surface area contributed by atoms with Crippen LogP contribution in [-0.2, 0) is 5.92 Å². The number of aromatic nitrogens is 1. The Labute approximate surface area is 74.6 Å². The summed E-state index contributed by atoms with van der Waals surface area (Å²) in [6, 6.07) is 0. The molecule has 0 bridgehead atoms. The lowest BCUT2D eigenvalue weighted by molar-refractivity contribution is 0.00573. The molecular weight excluding hydrogens is 238 g/mol. The molecule has 1 aromatic rings. The van der Waals surface area contributed by atoms with Gasteiger partial charge in [0.25, 0.3) is 0 Å². The molecule has 0 saturated heterocycles. The van der Waals surface area contributed by atoms with Crippen molar-refractivity contribution in [3.63, 3.8) is 0 Å². The number of hydrogen-bond donors (Lipinski definition) is 1. The van der Waals surface area contributed by atoms with E-state index >= 15 is 0 Å². The second kappa shape index (κ2) is 3.12. The van der Waals surface area contributed by atoms with Crippen LogP contribution in [0.4, 0.5) is 8.78 Å². The zero-order valence-electron chi connectivity index (χ0n) is 5.35. The first-order valence-electron chi connectivity index (χ1n) is 2.76. The lowest BCUT2D eigenvalue weighted by Crippen LogP contribution is -2.24. The van der Waals surface area contributed by atoms with Gasteiger partial charge in [-0.2, -0.15) is 8.78 Å². The maximum Gasteiger partial charge on any atom is 0.310 e. The minimum Gasteiger partial charge on any atom is -0.325 e. The average Bonchev–Trinajstić information content (AvgIpc) is 2.36. The van der Waals surface area contributed by atoms with Crippen LogP contribution in [0.25, 0.3) is 0 Å². The molecule has 0 aliphatic rings. The Hall–Kier alpha value is -0.0700. The van der Waals surface area contributed by atoms with Gasteiger partial charge >= 0.3 is 5.92 Å². The molecular formula is C5H5BrF2N2S. The predicted octanol–water partition coefficient (Wildman–Crippen LogP) is 1.96. The van der Waals surface area contributed by atoms with E-state index in [1.165, 1.54) is 6.20 Å². The Kier molecular flexibility index (Phi) is 2.56. The molecule has 0 aliphatic carbocycles. The van der Waals surface area contributed by atoms with Gasteiger partial charge in [0.2, 0.25) is 0 Å². The molecule has 0 saturated carbocycles. The molecule has 0 fully saturated rings. The van der Waals surface area contributed by atoms with Crippen molar-refractivity contribution in [2.75, 3.05) is 6.54 Å². The maximum atomic E-state index is 12.7. The van der Waals surface area contributed by atoms with Gasteiger partial charge in [-0.05, 0) is 15.9 Å². The maximum absolute atomic E-state index is 12.7. The van der Waals surface area contributed by atoms with Crippen molar-refractivity contribution in [1.82, 2.24) is 4.98 Å². The molecule has 1 heterocycles. The smallest absolute Gasteiger partial charge is 0.310 e. The molecule has 11 heavy (non-hydrogen) atoms. The highest BCUT2D eigenvalue weighted by atomic mass is 79.9. The van der Waals surface area contributed by atoms with Gasteiger partial charge in [-0.25, -0.2) is 4.98 Å². The number of thiazole rings is 1. The predicted molar refractivity (Wildman–Crippen MR) is 42.8 cm³/mol. The molecule has 0 radical (unpaired) electrons. The summed E-state index contributed by atoms with van der Waals surface area (Å²) in [6.45, 7) is -0.701. The zero-order valence-corrected chi connectivity index (χ0v) is 7.75. The third-order valence-electron chi connectivity index (χ3n) is 1.05. The summed E-state index contributed by atoms with van der Waals surface area (Å²) < 4.78 is 26.0. The fourth-order valence-corrected chi connectivity index (χ4v) is 1.70. The van der Waals surface area contributed by atoms with Crippen LogP contribution in [0.15, 0.2) is 9.98 Å². The Balaban J connectivity index is 2.92. The van der Waals surface area contributed by atoms with Crippen LogP contribution in [0.2, 0.25) is 0 Å². The molecule has 0 spiro atoms. The first-order valence-corrected chi connectivity index (χ1v) is 4.37. The topological polar surface area (TPSA) is 38.9 Å². The molecule has 0 amide bonds. The number of hydrogen-bond acceptors (Lipinski definition) is 3. The van der Waals surface area contributed by atoms with Crippen molar-refractivity contribution in [2.24, 2.45) is 5.73 Å². The molecule has 2 N–H and O–H groups in total. The Morgan fingerprint density at radius 2 is 2.36 bits per heavy atom. The lowest BCUT2D eigenvalue weighted by atomic mass is 10.4. The Bertz CT molecular complexity index is 250. The fourth-order valence-electron chi connectivity index (χ4n) is 0.511. The number of rotatable bonds is 2. The average molecular weight is 243 g/mol. The largest absolute Gasteiger partial charge is 0.325 e. The quantitative estimate of drug-likeness (QED) is 0.862. The van der Waals surface area contributed by atoms with Crippen molar-refractivity contribution in [3.8, 4) is 0 Å². The number of alkyl halides is 2. The highest BCUT2D eigenvalue weighted by Crippen LogP contribution is 2.32. The van der Waals surface area contributed by atoms with Crippen molar-refractivity contribution in [1.29, 1.82) is 0 Å². The van der Waals surface area contributed by atoms with E-state index in [1.54, 1.807) is 0 Å². The SMILES string of the molecule is NCC(F)(F)c1ncc(Br)s1. The minimum atomic E-state index is -2.99. The fraction of sp³-hybridized carbons (Fsp3) is 0.400. The monoisotopic (exact) mass is 242 g/mol. The third kappa shape index (κ3) is 1.94. The van der Waals surface area contributed by atoms with Gasteiger partial charge in [0, 0.05) is 0 Å². The second-order valence-corrected chi connectivity index (χ2v) is 4.29. The van der Waals surface area contributed by atoms with Gasteiger partial charge in [0.1, 0.15) is 0 Å². The minimum absolute atomic E-state index is 0.244. The Morgan fingerprint density at radius 1 is 1.73 bits per heavy atom. The van der Waals surface area contributed by atoms with Crippen LogP contribution in [0.5, 0.6) is 0 Å². The summed E-state index contributed by atoms with van der Waals surface area (Å²) in [5.41, 5.74) is 4.85. The van der Waals surface area contributed by atoms with Gasteiger partial charge in [0.05, 0.1) is 16.5 Å². The molecule has 1 aromatic heterocycles. The molecule has 1 rings (SSSR count). The van der Waals surface area contributed by atoms with E-state index in [4.69, 9.17) is 5.73 Å². The highest BCUT2D eigenvalue weighted by Gasteiger charge is 2.32. The van der Waals surface area contributed by atoms with Gasteiger partial charge in [0.15, 0.2) is 5.01 Å². The standard InChI is InChI=1S/C5H5BrF2N2S/c6-3-1-10-4(11-3)5(7,8)2-9/h1H,2,9H2. The summed E-state index contributed by atoms with van der Waals surface area (Å²) >= 11 is 3.93. The van der Waals surface area contributed by atoms with E-state index in [9.17, 15) is 8.78 Å². The molecule has 0 unspecified atom stereocenters. The van der Waals surface area contributed by atoms with Gasteiger partial charge in [-0.1, -0.05) is 0 Å². The summed E-state index contributed by atoms with van der Waals surface area (Å²) in [5, 5.41) is -0.244. The zero-order chi connectivity index (χ0) is 8.48. The van der Waals surface area contributed by atoms with E-state index in [2.05, 4.69) is 20.9 Å². The van der Waals surface area contributed by atoms with E-state index < -0.39 is 12.5 Å². The summed E-state index contributed by atoms with van der Waals surface area (Å²) in [4.78, 5) is 3.50. The van der Waals surface area contributed by atoms with Crippen LogP contribution >= 0.6 is 27.3 Å². The van der Waals surface area contributed by atoms with E-state index in [-0.39, 0.29) is 5.01 Å². The number of nitrogens with two attached hydrogens (primary N) is 1. The van der Waals surface area contributed by atoms with E-state index in [0.717, 1.165) is 11.3 Å². The highest BCUT2D eigenvalue weighted by molar-refractivity contribution is 9.11. The summed E-state index contributed by atoms with van der Waals surface area (Å²) in [7, 11) is 0. The molecule has 62 valence electrons. The van der Waals surface area contributed by atoms with E-state index in [1.807, 2.05) is 0 Å². The van der Waals surface area contributed by atoms with Crippen molar-refractivity contribution >= 4 is 27.3 Å². The van der Waals surface area contributed by atoms with Crippen molar-refractivity contribution in [3.05, 3.63) is 15.0 Å². The van der Waals surface area contributed by atoms with Crippen LogP contribution in [0, 0.1) is 0 Å². The lowest BCUT2D eigenvalue weighted by Gasteiger charge is -2.08. The van der Waals surface area contributed by atoms with Crippen molar-refractivity contribution in [2.45, 2.75) is 5.92 Å². The van der Waals surface area contributed by atoms with E-state index in [0.29, 0.717) is 3.79 Å². The Morgan fingerprint density at radius 3 is 2.73 bits per heavy atom. The third-order valence-corrected chi connectivity index (χ3v) is 2.63. The number of halogens is 3. The first kappa shape index (κ1) is 9.02. The molecule has 0 aromatic carbocycles. The van der Waals surface area contributed by atoms with Gasteiger partial charge < -0.3 is 5.73 Å². The van der Waals surface area contributed by atoms with Crippen LogP contribution in [0.3, 0.4) is 0 Å². The summed E-state index contributed by atoms with van der Waals surface area (Å²) in [5.74, 6) is -2.99. The first-order chi connectivity index (χ1) is 5.06. The van der Waals surface area contributed by atoms with Crippen LogP contribution in [0.1, 0.15) is 5.01 Å². The summed E-state index contributed by atoms with van der Waals surface area (Å²) in [6.07, 6.45) is 1.34. The van der Waals surface area contributed by atoms with Crippen LogP contribution < -0.4 is 5.73 Å². The van der Waals surface area contributed by atoms with Crippen molar-refractivity contribution < 1.29 is 8.78 Å². The molecule has 6 heteroatoms. The molecule has 0 atom stereocenters. The normalized spacial score (nSPS) is 12.0. The number of nitrogens with zero attached hydrogens (tertiary/aromatic N) is 1.